The quantitative estimate of drug-likeness (QED) is 0.869. The van der Waals surface area contributed by atoms with E-state index in [0.717, 1.165) is 16.5 Å². The van der Waals surface area contributed by atoms with Gasteiger partial charge in [-0.25, -0.2) is 9.97 Å². The van der Waals surface area contributed by atoms with Gasteiger partial charge >= 0.3 is 0 Å². The minimum absolute atomic E-state index is 0.489. The molecule has 0 aromatic carbocycles. The Morgan fingerprint density at radius 1 is 1.26 bits per heavy atom. The van der Waals surface area contributed by atoms with E-state index in [1.54, 1.807) is 24.2 Å². The van der Waals surface area contributed by atoms with Gasteiger partial charge in [-0.1, -0.05) is 24.6 Å². The second-order valence-corrected chi connectivity index (χ2v) is 5.72. The second kappa shape index (κ2) is 5.61. The SMILES string of the molecule is Nc1nccnc1SCc1ccn(C2CCCC2)n1. The number of nitrogen functional groups attached to an aromatic ring is 1. The summed E-state index contributed by atoms with van der Waals surface area (Å²) >= 11 is 1.58. The number of rotatable bonds is 4. The third-order valence-corrected chi connectivity index (χ3v) is 4.44. The van der Waals surface area contributed by atoms with Gasteiger partial charge in [-0.15, -0.1) is 0 Å². The molecule has 100 valence electrons. The minimum atomic E-state index is 0.489. The molecule has 1 aliphatic carbocycles. The molecule has 3 rings (SSSR count). The predicted molar refractivity (Wildman–Crippen MR) is 75.7 cm³/mol. The van der Waals surface area contributed by atoms with Crippen LogP contribution in [0.1, 0.15) is 37.4 Å². The van der Waals surface area contributed by atoms with Crippen LogP contribution in [0.15, 0.2) is 29.7 Å². The van der Waals surface area contributed by atoms with Crippen molar-refractivity contribution in [2.24, 2.45) is 0 Å². The van der Waals surface area contributed by atoms with Crippen LogP contribution in [0.3, 0.4) is 0 Å². The Balaban J connectivity index is 1.63. The first kappa shape index (κ1) is 12.5. The zero-order chi connectivity index (χ0) is 13.1. The molecule has 5 nitrogen and oxygen atoms in total. The van der Waals surface area contributed by atoms with Gasteiger partial charge in [0, 0.05) is 24.3 Å². The maximum Gasteiger partial charge on any atom is 0.156 e. The third kappa shape index (κ3) is 2.89. The molecule has 1 aliphatic rings. The lowest BCUT2D eigenvalue weighted by molar-refractivity contribution is 0.464. The van der Waals surface area contributed by atoms with Crippen LogP contribution in [0, 0.1) is 0 Å². The summed E-state index contributed by atoms with van der Waals surface area (Å²) in [7, 11) is 0. The molecular weight excluding hydrogens is 258 g/mol. The molecule has 2 N–H and O–H groups in total. The summed E-state index contributed by atoms with van der Waals surface area (Å²) in [5.74, 6) is 1.27. The van der Waals surface area contributed by atoms with Crippen molar-refractivity contribution in [3.63, 3.8) is 0 Å². The van der Waals surface area contributed by atoms with Gasteiger partial charge in [0.15, 0.2) is 5.82 Å². The molecule has 2 aromatic heterocycles. The zero-order valence-corrected chi connectivity index (χ0v) is 11.5. The van der Waals surface area contributed by atoms with Crippen LogP contribution in [0.2, 0.25) is 0 Å². The molecule has 1 saturated carbocycles. The number of aromatic nitrogens is 4. The highest BCUT2D eigenvalue weighted by Crippen LogP contribution is 2.29. The Hall–Kier alpha value is -1.56. The van der Waals surface area contributed by atoms with E-state index in [9.17, 15) is 0 Å². The predicted octanol–water partition coefficient (Wildman–Crippen LogP) is 2.66. The van der Waals surface area contributed by atoms with Crippen LogP contribution in [0.4, 0.5) is 5.82 Å². The highest BCUT2D eigenvalue weighted by atomic mass is 32.2. The monoisotopic (exact) mass is 275 g/mol. The van der Waals surface area contributed by atoms with Crippen molar-refractivity contribution in [1.29, 1.82) is 0 Å². The fraction of sp³-hybridized carbons (Fsp3) is 0.462. The van der Waals surface area contributed by atoms with Crippen molar-refractivity contribution < 1.29 is 0 Å². The van der Waals surface area contributed by atoms with Crippen LogP contribution < -0.4 is 5.73 Å². The number of nitrogens with two attached hydrogens (primary N) is 1. The molecular formula is C13H17N5S. The largest absolute Gasteiger partial charge is 0.381 e. The summed E-state index contributed by atoms with van der Waals surface area (Å²) in [5.41, 5.74) is 6.84. The highest BCUT2D eigenvalue weighted by Gasteiger charge is 2.17. The molecule has 19 heavy (non-hydrogen) atoms. The van der Waals surface area contributed by atoms with Crippen molar-refractivity contribution in [3.8, 4) is 0 Å². The fourth-order valence-corrected chi connectivity index (χ4v) is 3.19. The molecule has 0 amide bonds. The Bertz CT molecular complexity index is 547. The Morgan fingerprint density at radius 2 is 2.05 bits per heavy atom. The van der Waals surface area contributed by atoms with Crippen molar-refractivity contribution in [2.45, 2.75) is 42.5 Å². The molecule has 0 radical (unpaired) electrons. The minimum Gasteiger partial charge on any atom is -0.381 e. The van der Waals surface area contributed by atoms with Crippen molar-refractivity contribution in [1.82, 2.24) is 19.7 Å². The number of hydrogen-bond acceptors (Lipinski definition) is 5. The summed E-state index contributed by atoms with van der Waals surface area (Å²) in [4.78, 5) is 8.25. The third-order valence-electron chi connectivity index (χ3n) is 3.41. The molecule has 2 heterocycles. The molecule has 0 aliphatic heterocycles. The lowest BCUT2D eigenvalue weighted by Crippen LogP contribution is -2.05. The molecule has 2 aromatic rings. The summed E-state index contributed by atoms with van der Waals surface area (Å²) in [6, 6.07) is 2.68. The highest BCUT2D eigenvalue weighted by molar-refractivity contribution is 7.98. The van der Waals surface area contributed by atoms with E-state index < -0.39 is 0 Å². The number of hydrogen-bond donors (Lipinski definition) is 1. The van der Waals surface area contributed by atoms with Gasteiger partial charge in [0.1, 0.15) is 5.03 Å². The van der Waals surface area contributed by atoms with E-state index in [1.165, 1.54) is 25.7 Å². The smallest absolute Gasteiger partial charge is 0.156 e. The van der Waals surface area contributed by atoms with Gasteiger partial charge in [-0.3, -0.25) is 4.68 Å². The van der Waals surface area contributed by atoms with E-state index >= 15 is 0 Å². The maximum atomic E-state index is 5.77. The van der Waals surface area contributed by atoms with E-state index in [2.05, 4.69) is 32.0 Å². The Labute approximate surface area is 116 Å². The molecule has 0 atom stereocenters. The van der Waals surface area contributed by atoms with Gasteiger partial charge in [0.25, 0.3) is 0 Å². The van der Waals surface area contributed by atoms with E-state index in [0.29, 0.717) is 11.9 Å². The number of nitrogens with zero attached hydrogens (tertiary/aromatic N) is 4. The number of thioether (sulfide) groups is 1. The van der Waals surface area contributed by atoms with Gasteiger partial charge in [0.2, 0.25) is 0 Å². The average molecular weight is 275 g/mol. The average Bonchev–Trinajstić information content (AvgIpc) is 3.09. The molecule has 6 heteroatoms. The summed E-state index contributed by atoms with van der Waals surface area (Å²) in [6.07, 6.45) is 10.5. The maximum absolute atomic E-state index is 5.77. The first-order valence-corrected chi connectivity index (χ1v) is 7.55. The van der Waals surface area contributed by atoms with Gasteiger partial charge in [-0.2, -0.15) is 5.10 Å². The second-order valence-electron chi connectivity index (χ2n) is 4.76. The van der Waals surface area contributed by atoms with Crippen molar-refractivity contribution >= 4 is 17.6 Å². The van der Waals surface area contributed by atoms with Crippen LogP contribution in [-0.4, -0.2) is 19.7 Å². The Morgan fingerprint density at radius 3 is 2.84 bits per heavy atom. The molecule has 0 saturated heterocycles. The molecule has 0 spiro atoms. The Kier molecular flexibility index (Phi) is 3.68. The van der Waals surface area contributed by atoms with Gasteiger partial charge in [-0.05, 0) is 18.9 Å². The number of anilines is 1. The van der Waals surface area contributed by atoms with Gasteiger partial charge in [0.05, 0.1) is 11.7 Å². The van der Waals surface area contributed by atoms with Crippen LogP contribution in [-0.2, 0) is 5.75 Å². The summed E-state index contributed by atoms with van der Waals surface area (Å²) < 4.78 is 2.11. The molecule has 0 unspecified atom stereocenters. The zero-order valence-electron chi connectivity index (χ0n) is 10.7. The normalized spacial score (nSPS) is 16.0. The van der Waals surface area contributed by atoms with Crippen LogP contribution in [0.25, 0.3) is 0 Å². The fourth-order valence-electron chi connectivity index (χ4n) is 2.42. The molecule has 1 fully saturated rings. The van der Waals surface area contributed by atoms with Crippen LogP contribution >= 0.6 is 11.8 Å². The summed E-state index contributed by atoms with van der Waals surface area (Å²) in [6.45, 7) is 0. The lowest BCUT2D eigenvalue weighted by Gasteiger charge is -2.08. The van der Waals surface area contributed by atoms with E-state index in [4.69, 9.17) is 5.73 Å². The standard InChI is InChI=1S/C13H17N5S/c14-12-13(16-7-6-15-12)19-9-10-5-8-18(17-10)11-3-1-2-4-11/h5-8,11H,1-4,9H2,(H2,14,15). The lowest BCUT2D eigenvalue weighted by atomic mass is 10.3. The first-order chi connectivity index (χ1) is 9.33. The van der Waals surface area contributed by atoms with Gasteiger partial charge < -0.3 is 5.73 Å². The topological polar surface area (TPSA) is 69.6 Å². The van der Waals surface area contributed by atoms with E-state index in [-0.39, 0.29) is 0 Å². The molecule has 0 bridgehead atoms. The van der Waals surface area contributed by atoms with Crippen molar-refractivity contribution in [3.05, 3.63) is 30.4 Å². The first-order valence-electron chi connectivity index (χ1n) is 6.56. The van der Waals surface area contributed by atoms with Crippen molar-refractivity contribution in [2.75, 3.05) is 5.73 Å². The summed E-state index contributed by atoms with van der Waals surface area (Å²) in [5, 5.41) is 5.42. The van der Waals surface area contributed by atoms with Crippen LogP contribution in [0.5, 0.6) is 0 Å². The van der Waals surface area contributed by atoms with E-state index in [1.807, 2.05) is 0 Å².